The first-order chi connectivity index (χ1) is 15.0. The Morgan fingerprint density at radius 1 is 1.35 bits per heavy atom. The molecule has 2 heterocycles. The molecule has 0 atom stereocenters. The largest absolute Gasteiger partial charge is 0.503 e. The number of hydrogen-bond acceptors (Lipinski definition) is 8. The summed E-state index contributed by atoms with van der Waals surface area (Å²) >= 11 is 6.43. The highest BCUT2D eigenvalue weighted by Crippen LogP contribution is 2.35. The Balaban J connectivity index is 1.34. The molecule has 0 aliphatic rings. The molecule has 2 aromatic carbocycles. The lowest BCUT2D eigenvalue weighted by Gasteiger charge is -2.06. The van der Waals surface area contributed by atoms with Crippen LogP contribution in [0.3, 0.4) is 0 Å². The van der Waals surface area contributed by atoms with E-state index in [0.29, 0.717) is 27.3 Å². The topological polar surface area (TPSA) is 97.0 Å². The fraction of sp³-hybridized carbons (Fsp3) is 0.0952. The van der Waals surface area contributed by atoms with Gasteiger partial charge in [-0.3, -0.25) is 4.79 Å². The van der Waals surface area contributed by atoms with Gasteiger partial charge in [-0.15, -0.1) is 11.3 Å². The van der Waals surface area contributed by atoms with Crippen LogP contribution in [-0.2, 0) is 5.75 Å². The van der Waals surface area contributed by atoms with Crippen LogP contribution >= 0.6 is 39.0 Å². The highest BCUT2D eigenvalue weighted by Gasteiger charge is 2.12. The number of carbonyl (C=O) groups is 1. The summed E-state index contributed by atoms with van der Waals surface area (Å²) in [5.41, 5.74) is 4.04. The van der Waals surface area contributed by atoms with Crippen LogP contribution in [0.1, 0.15) is 21.9 Å². The molecule has 0 radical (unpaired) electrons. The minimum atomic E-state index is -0.461. The Kier molecular flexibility index (Phi) is 6.59. The van der Waals surface area contributed by atoms with Gasteiger partial charge in [-0.2, -0.15) is 5.10 Å². The summed E-state index contributed by atoms with van der Waals surface area (Å²) < 4.78 is 13.3. The van der Waals surface area contributed by atoms with E-state index in [9.17, 15) is 9.90 Å². The zero-order chi connectivity index (χ0) is 21.8. The molecule has 0 bridgehead atoms. The van der Waals surface area contributed by atoms with Gasteiger partial charge in [-0.1, -0.05) is 23.9 Å². The minimum Gasteiger partial charge on any atom is -0.503 e. The molecular formula is C21H16BrN3O4S2. The van der Waals surface area contributed by atoms with Crippen LogP contribution in [0.25, 0.3) is 10.2 Å². The van der Waals surface area contributed by atoms with E-state index in [4.69, 9.17) is 9.15 Å². The van der Waals surface area contributed by atoms with Crippen LogP contribution < -0.4 is 10.2 Å². The Morgan fingerprint density at radius 2 is 2.19 bits per heavy atom. The number of ether oxygens (including phenoxy) is 1. The average molecular weight is 518 g/mol. The summed E-state index contributed by atoms with van der Waals surface area (Å²) in [5.74, 6) is 1.24. The standard InChI is InChI=1S/C21H16BrN3O4S2/c1-28-17-9-12(8-14(22)19(17)26)10-23-25-20(27)16-7-6-13(29-16)11-30-21-24-15-4-2-3-5-18(15)31-21/h2-10,26H,11H2,1H3,(H,25,27)/b23-10+. The zero-order valence-electron chi connectivity index (χ0n) is 16.2. The lowest BCUT2D eigenvalue weighted by atomic mass is 10.2. The molecule has 4 rings (SSSR count). The van der Waals surface area contributed by atoms with Crippen molar-refractivity contribution < 1.29 is 19.1 Å². The van der Waals surface area contributed by atoms with Crippen molar-refractivity contribution in [3.05, 3.63) is 70.1 Å². The monoisotopic (exact) mass is 517 g/mol. The van der Waals surface area contributed by atoms with Crippen LogP contribution in [0.5, 0.6) is 11.5 Å². The second kappa shape index (κ2) is 9.54. The molecule has 31 heavy (non-hydrogen) atoms. The molecular weight excluding hydrogens is 502 g/mol. The van der Waals surface area contributed by atoms with Gasteiger partial charge in [0.2, 0.25) is 0 Å². The maximum atomic E-state index is 12.3. The van der Waals surface area contributed by atoms with Crippen molar-refractivity contribution in [3.8, 4) is 11.5 Å². The summed E-state index contributed by atoms with van der Waals surface area (Å²) in [4.78, 5) is 16.9. The number of furan rings is 1. The van der Waals surface area contributed by atoms with Crippen molar-refractivity contribution >= 4 is 61.4 Å². The van der Waals surface area contributed by atoms with Gasteiger partial charge >= 0.3 is 5.91 Å². The van der Waals surface area contributed by atoms with E-state index in [1.165, 1.54) is 13.3 Å². The normalized spacial score (nSPS) is 11.3. The van der Waals surface area contributed by atoms with Crippen LogP contribution in [0.2, 0.25) is 0 Å². The third-order valence-electron chi connectivity index (χ3n) is 4.15. The van der Waals surface area contributed by atoms with Crippen molar-refractivity contribution in [1.82, 2.24) is 10.4 Å². The Hall–Kier alpha value is -2.82. The van der Waals surface area contributed by atoms with Crippen LogP contribution in [0.4, 0.5) is 0 Å². The lowest BCUT2D eigenvalue weighted by Crippen LogP contribution is -2.16. The van der Waals surface area contributed by atoms with Crippen LogP contribution in [0, 0.1) is 0 Å². The van der Waals surface area contributed by atoms with Crippen molar-refractivity contribution in [2.45, 2.75) is 10.1 Å². The molecule has 0 spiro atoms. The number of aromatic hydroxyl groups is 1. The summed E-state index contributed by atoms with van der Waals surface area (Å²) in [6.07, 6.45) is 1.44. The van der Waals surface area contributed by atoms with E-state index in [2.05, 4.69) is 31.4 Å². The molecule has 0 saturated carbocycles. The van der Waals surface area contributed by atoms with Gasteiger partial charge in [0.15, 0.2) is 21.6 Å². The number of nitrogens with zero attached hydrogens (tertiary/aromatic N) is 2. The molecule has 0 saturated heterocycles. The van der Waals surface area contributed by atoms with E-state index in [1.807, 2.05) is 24.3 Å². The molecule has 0 aliphatic heterocycles. The summed E-state index contributed by atoms with van der Waals surface area (Å²) in [6.45, 7) is 0. The number of amides is 1. The van der Waals surface area contributed by atoms with Gasteiger partial charge < -0.3 is 14.3 Å². The molecule has 2 aromatic heterocycles. The Bertz CT molecular complexity index is 1240. The number of carbonyl (C=O) groups excluding carboxylic acids is 1. The first-order valence-corrected chi connectivity index (χ1v) is 11.6. The summed E-state index contributed by atoms with van der Waals surface area (Å²) in [5, 5.41) is 13.8. The van der Waals surface area contributed by atoms with E-state index < -0.39 is 5.91 Å². The van der Waals surface area contributed by atoms with E-state index in [1.54, 1.807) is 47.4 Å². The number of phenols is 1. The number of rotatable bonds is 7. The number of hydrazone groups is 1. The lowest BCUT2D eigenvalue weighted by molar-refractivity contribution is 0.0926. The molecule has 0 aliphatic carbocycles. The second-order valence-electron chi connectivity index (χ2n) is 6.25. The number of thiazole rings is 1. The summed E-state index contributed by atoms with van der Waals surface area (Å²) in [7, 11) is 1.45. The third kappa shape index (κ3) is 5.09. The number of phenolic OH excluding ortho intramolecular Hbond substituents is 1. The van der Waals surface area contributed by atoms with E-state index >= 15 is 0 Å². The number of halogens is 1. The number of benzene rings is 2. The van der Waals surface area contributed by atoms with E-state index in [0.717, 1.165) is 14.6 Å². The predicted molar refractivity (Wildman–Crippen MR) is 125 cm³/mol. The molecule has 1 amide bonds. The number of nitrogens with one attached hydrogen (secondary N) is 1. The first kappa shape index (κ1) is 21.4. The predicted octanol–water partition coefficient (Wildman–Crippen LogP) is 5.42. The Morgan fingerprint density at radius 3 is 3.00 bits per heavy atom. The second-order valence-corrected chi connectivity index (χ2v) is 9.36. The fourth-order valence-electron chi connectivity index (χ4n) is 2.67. The molecule has 7 nitrogen and oxygen atoms in total. The van der Waals surface area contributed by atoms with Crippen molar-refractivity contribution in [2.75, 3.05) is 7.11 Å². The van der Waals surface area contributed by atoms with Crippen LogP contribution in [0.15, 0.2) is 66.9 Å². The maximum absolute atomic E-state index is 12.3. The molecule has 158 valence electrons. The molecule has 2 N–H and O–H groups in total. The number of aromatic nitrogens is 1. The Labute approximate surface area is 194 Å². The average Bonchev–Trinajstić information content (AvgIpc) is 3.41. The maximum Gasteiger partial charge on any atom is 0.307 e. The van der Waals surface area contributed by atoms with E-state index in [-0.39, 0.29) is 11.5 Å². The van der Waals surface area contributed by atoms with Crippen molar-refractivity contribution in [3.63, 3.8) is 0 Å². The van der Waals surface area contributed by atoms with Gasteiger partial charge in [0.25, 0.3) is 0 Å². The fourth-order valence-corrected chi connectivity index (χ4v) is 5.09. The van der Waals surface area contributed by atoms with Crippen molar-refractivity contribution in [1.29, 1.82) is 0 Å². The van der Waals surface area contributed by atoms with Gasteiger partial charge in [-0.05, 0) is 57.9 Å². The number of hydrogen-bond donors (Lipinski definition) is 2. The number of para-hydroxylation sites is 1. The smallest absolute Gasteiger partial charge is 0.307 e. The molecule has 10 heteroatoms. The van der Waals surface area contributed by atoms with Crippen molar-refractivity contribution in [2.24, 2.45) is 5.10 Å². The number of thioether (sulfide) groups is 1. The zero-order valence-corrected chi connectivity index (χ0v) is 19.4. The van der Waals surface area contributed by atoms with Gasteiger partial charge in [0.05, 0.1) is 33.8 Å². The third-order valence-corrected chi connectivity index (χ3v) is 6.95. The molecule has 0 unspecified atom stereocenters. The number of methoxy groups -OCH3 is 1. The van der Waals surface area contributed by atoms with Gasteiger partial charge in [0, 0.05) is 0 Å². The highest BCUT2D eigenvalue weighted by molar-refractivity contribution is 9.10. The molecule has 0 fully saturated rings. The van der Waals surface area contributed by atoms with Crippen LogP contribution in [-0.4, -0.2) is 29.3 Å². The highest BCUT2D eigenvalue weighted by atomic mass is 79.9. The quantitative estimate of drug-likeness (QED) is 0.193. The minimum absolute atomic E-state index is 0.00415. The summed E-state index contributed by atoms with van der Waals surface area (Å²) in [6, 6.07) is 14.6. The SMILES string of the molecule is COc1cc(/C=N/NC(=O)c2ccc(CSc3nc4ccccc4s3)o2)cc(Br)c1O. The van der Waals surface area contributed by atoms with Gasteiger partial charge in [-0.25, -0.2) is 10.4 Å². The number of fused-ring (bicyclic) bond motifs is 1. The first-order valence-electron chi connectivity index (χ1n) is 9.00. The van der Waals surface area contributed by atoms with Gasteiger partial charge in [0.1, 0.15) is 5.76 Å². The molecule has 4 aromatic rings.